The zero-order chi connectivity index (χ0) is 16.7. The van der Waals surface area contributed by atoms with Gasteiger partial charge in [0.05, 0.1) is 16.4 Å². The Morgan fingerprint density at radius 3 is 3.04 bits per heavy atom. The van der Waals surface area contributed by atoms with Crippen molar-refractivity contribution in [2.75, 3.05) is 4.90 Å². The summed E-state index contributed by atoms with van der Waals surface area (Å²) >= 11 is 7.03. The molecule has 0 unspecified atom stereocenters. The van der Waals surface area contributed by atoms with Gasteiger partial charge in [0.25, 0.3) is 5.91 Å². The second-order valence-electron chi connectivity index (χ2n) is 6.04. The topological polar surface area (TPSA) is 45.2 Å². The maximum Gasteiger partial charge on any atom is 0.281 e. The van der Waals surface area contributed by atoms with Gasteiger partial charge in [-0.1, -0.05) is 19.1 Å². The van der Waals surface area contributed by atoms with E-state index in [2.05, 4.69) is 17.2 Å². The van der Waals surface area contributed by atoms with Gasteiger partial charge in [-0.15, -0.1) is 11.3 Å². The largest absolute Gasteiger partial charge is 0.327 e. The Balaban J connectivity index is 1.61. The van der Waals surface area contributed by atoms with Crippen molar-refractivity contribution in [3.05, 3.63) is 51.6 Å². The molecule has 1 saturated heterocycles. The van der Waals surface area contributed by atoms with Gasteiger partial charge in [-0.3, -0.25) is 9.69 Å². The molecule has 1 aliphatic carbocycles. The van der Waals surface area contributed by atoms with Crippen LogP contribution in [0, 0.1) is 0 Å². The molecule has 24 heavy (non-hydrogen) atoms. The molecule has 1 saturated carbocycles. The lowest BCUT2D eigenvalue weighted by Crippen LogP contribution is -2.30. The number of thiazole rings is 1. The van der Waals surface area contributed by atoms with Crippen molar-refractivity contribution in [3.8, 4) is 0 Å². The third-order valence-corrected chi connectivity index (χ3v) is 5.52. The van der Waals surface area contributed by atoms with Crippen molar-refractivity contribution in [1.82, 2.24) is 10.3 Å². The SMILES string of the molecule is CCc1cccc(N2C(=O)C(=Cc3csc(C4CC4)n3)NC2=S)c1. The smallest absolute Gasteiger partial charge is 0.281 e. The summed E-state index contributed by atoms with van der Waals surface area (Å²) in [5.74, 6) is 0.498. The van der Waals surface area contributed by atoms with Crippen LogP contribution in [0.3, 0.4) is 0 Å². The number of thiocarbonyl (C=S) groups is 1. The highest BCUT2D eigenvalue weighted by Crippen LogP contribution is 2.41. The first-order chi connectivity index (χ1) is 11.7. The molecule has 1 aliphatic heterocycles. The van der Waals surface area contributed by atoms with Crippen molar-refractivity contribution in [1.29, 1.82) is 0 Å². The molecule has 1 aromatic heterocycles. The molecule has 2 aromatic rings. The number of anilines is 1. The van der Waals surface area contributed by atoms with Crippen molar-refractivity contribution in [3.63, 3.8) is 0 Å². The van der Waals surface area contributed by atoms with E-state index >= 15 is 0 Å². The molecular formula is C18H17N3OS2. The summed E-state index contributed by atoms with van der Waals surface area (Å²) in [6, 6.07) is 7.91. The fourth-order valence-electron chi connectivity index (χ4n) is 2.72. The number of nitrogens with zero attached hydrogens (tertiary/aromatic N) is 2. The lowest BCUT2D eigenvalue weighted by molar-refractivity contribution is -0.113. The molecule has 4 nitrogen and oxygen atoms in total. The van der Waals surface area contributed by atoms with Gasteiger partial charge >= 0.3 is 0 Å². The Morgan fingerprint density at radius 2 is 2.29 bits per heavy atom. The van der Waals surface area contributed by atoms with Gasteiger partial charge < -0.3 is 5.32 Å². The molecule has 122 valence electrons. The third kappa shape index (κ3) is 2.87. The van der Waals surface area contributed by atoms with Crippen LogP contribution in [0.25, 0.3) is 6.08 Å². The van der Waals surface area contributed by atoms with Gasteiger partial charge in [0.1, 0.15) is 5.70 Å². The number of benzene rings is 1. The molecule has 1 aromatic carbocycles. The number of aromatic nitrogens is 1. The number of hydrogen-bond donors (Lipinski definition) is 1. The number of amides is 1. The minimum absolute atomic E-state index is 0.130. The van der Waals surface area contributed by atoms with Gasteiger partial charge in [-0.25, -0.2) is 4.98 Å². The molecule has 0 radical (unpaired) electrons. The van der Waals surface area contributed by atoms with Crippen LogP contribution in [0.2, 0.25) is 0 Å². The Bertz CT molecular complexity index is 851. The Hall–Kier alpha value is -2.05. The van der Waals surface area contributed by atoms with Crippen molar-refractivity contribution in [2.45, 2.75) is 32.1 Å². The highest BCUT2D eigenvalue weighted by Gasteiger charge is 2.32. The van der Waals surface area contributed by atoms with E-state index < -0.39 is 0 Å². The van der Waals surface area contributed by atoms with Gasteiger partial charge in [-0.2, -0.15) is 0 Å². The summed E-state index contributed by atoms with van der Waals surface area (Å²) in [4.78, 5) is 18.9. The highest BCUT2D eigenvalue weighted by molar-refractivity contribution is 7.80. The van der Waals surface area contributed by atoms with E-state index in [1.165, 1.54) is 23.4 Å². The van der Waals surface area contributed by atoms with E-state index in [0.717, 1.165) is 17.8 Å². The molecule has 1 amide bonds. The summed E-state index contributed by atoms with van der Waals surface area (Å²) < 4.78 is 0. The maximum absolute atomic E-state index is 12.8. The second-order valence-corrected chi connectivity index (χ2v) is 7.31. The number of carbonyl (C=O) groups excluding carboxylic acids is 1. The van der Waals surface area contributed by atoms with Gasteiger partial charge in [0, 0.05) is 11.3 Å². The second kappa shape index (κ2) is 6.11. The van der Waals surface area contributed by atoms with Crippen LogP contribution in [0.4, 0.5) is 5.69 Å². The summed E-state index contributed by atoms with van der Waals surface area (Å²) in [6.45, 7) is 2.09. The van der Waals surface area contributed by atoms with Crippen molar-refractivity contribution >= 4 is 46.3 Å². The maximum atomic E-state index is 12.8. The molecule has 6 heteroatoms. The number of carbonyl (C=O) groups is 1. The molecule has 0 spiro atoms. The van der Waals surface area contributed by atoms with Gasteiger partial charge in [0.2, 0.25) is 0 Å². The molecule has 2 fully saturated rings. The normalized spacial score (nSPS) is 19.2. The van der Waals surface area contributed by atoms with Crippen LogP contribution >= 0.6 is 23.6 Å². The number of hydrogen-bond acceptors (Lipinski definition) is 4. The number of rotatable bonds is 4. The molecule has 2 heterocycles. The number of aryl methyl sites for hydroxylation is 1. The van der Waals surface area contributed by atoms with Crippen LogP contribution in [0.5, 0.6) is 0 Å². The van der Waals surface area contributed by atoms with Crippen LogP contribution in [-0.2, 0) is 11.2 Å². The quantitative estimate of drug-likeness (QED) is 0.668. The summed E-state index contributed by atoms with van der Waals surface area (Å²) in [6.07, 6.45) is 5.17. The van der Waals surface area contributed by atoms with E-state index in [4.69, 9.17) is 12.2 Å². The molecular weight excluding hydrogens is 338 g/mol. The van der Waals surface area contributed by atoms with E-state index in [9.17, 15) is 4.79 Å². The zero-order valence-electron chi connectivity index (χ0n) is 13.3. The molecule has 0 atom stereocenters. The first kappa shape index (κ1) is 15.5. The Kier molecular flexibility index (Phi) is 3.94. The van der Waals surface area contributed by atoms with Crippen LogP contribution in [0.1, 0.15) is 41.9 Å². The Labute approximate surface area is 150 Å². The first-order valence-electron chi connectivity index (χ1n) is 8.07. The molecule has 1 N–H and O–H groups in total. The average molecular weight is 355 g/mol. The zero-order valence-corrected chi connectivity index (χ0v) is 14.9. The third-order valence-electron chi connectivity index (χ3n) is 4.21. The van der Waals surface area contributed by atoms with E-state index in [0.29, 0.717) is 16.7 Å². The summed E-state index contributed by atoms with van der Waals surface area (Å²) in [5.41, 5.74) is 3.28. The van der Waals surface area contributed by atoms with E-state index in [1.807, 2.05) is 29.6 Å². The van der Waals surface area contributed by atoms with E-state index in [1.54, 1.807) is 22.3 Å². The van der Waals surface area contributed by atoms with Gasteiger partial charge in [-0.05, 0) is 55.3 Å². The fraction of sp³-hybridized carbons (Fsp3) is 0.278. The minimum atomic E-state index is -0.130. The minimum Gasteiger partial charge on any atom is -0.327 e. The number of nitrogens with one attached hydrogen (secondary N) is 1. The average Bonchev–Trinajstić information content (AvgIpc) is 3.27. The molecule has 4 rings (SSSR count). The van der Waals surface area contributed by atoms with Crippen molar-refractivity contribution < 1.29 is 4.79 Å². The Morgan fingerprint density at radius 1 is 1.46 bits per heavy atom. The fourth-order valence-corrected chi connectivity index (χ4v) is 3.96. The highest BCUT2D eigenvalue weighted by atomic mass is 32.1. The van der Waals surface area contributed by atoms with Crippen molar-refractivity contribution in [2.24, 2.45) is 0 Å². The standard InChI is InChI=1S/C18H17N3OS2/c1-2-11-4-3-5-14(8-11)21-17(22)15(20-18(21)23)9-13-10-24-16(19-13)12-6-7-12/h3-5,8-10,12H,2,6-7H2,1H3,(H,20,23). The predicted molar refractivity (Wildman–Crippen MR) is 101 cm³/mol. The summed E-state index contributed by atoms with van der Waals surface area (Å²) in [7, 11) is 0. The molecule has 0 bridgehead atoms. The van der Waals surface area contributed by atoms with Crippen LogP contribution < -0.4 is 10.2 Å². The molecule has 2 aliphatic rings. The predicted octanol–water partition coefficient (Wildman–Crippen LogP) is 3.85. The van der Waals surface area contributed by atoms with Crippen LogP contribution in [-0.4, -0.2) is 16.0 Å². The van der Waals surface area contributed by atoms with E-state index in [-0.39, 0.29) is 5.91 Å². The van der Waals surface area contributed by atoms with Crippen LogP contribution in [0.15, 0.2) is 35.3 Å². The lowest BCUT2D eigenvalue weighted by Gasteiger charge is -2.14. The van der Waals surface area contributed by atoms with Gasteiger partial charge in [0.15, 0.2) is 5.11 Å². The monoisotopic (exact) mass is 355 g/mol. The lowest BCUT2D eigenvalue weighted by atomic mass is 10.1. The first-order valence-corrected chi connectivity index (χ1v) is 9.36. The summed E-state index contributed by atoms with van der Waals surface area (Å²) in [5, 5.41) is 6.61.